The van der Waals surface area contributed by atoms with Crippen molar-refractivity contribution >= 4 is 23.8 Å². The lowest BCUT2D eigenvalue weighted by Crippen LogP contribution is -2.08. The second-order valence-electron chi connectivity index (χ2n) is 6.67. The van der Waals surface area contributed by atoms with Crippen molar-refractivity contribution in [3.8, 4) is 0 Å². The number of fused-ring (bicyclic) bond motifs is 1. The van der Waals surface area contributed by atoms with E-state index in [1.54, 1.807) is 5.56 Å². The molecule has 1 aliphatic rings. The molecule has 0 aromatic heterocycles. The Labute approximate surface area is 141 Å². The van der Waals surface area contributed by atoms with Crippen LogP contribution in [0.4, 0.5) is 0 Å². The van der Waals surface area contributed by atoms with Gasteiger partial charge in [0, 0.05) is 5.03 Å². The second-order valence-corrected chi connectivity index (χ2v) is 7.16. The molecule has 1 aliphatic carbocycles. The van der Waals surface area contributed by atoms with Crippen molar-refractivity contribution in [3.05, 3.63) is 45.5 Å². The molecule has 0 saturated carbocycles. The highest BCUT2D eigenvalue weighted by atomic mass is 35.5. The highest BCUT2D eigenvalue weighted by Gasteiger charge is 2.29. The number of benzene rings is 1. The highest BCUT2D eigenvalue weighted by molar-refractivity contribution is 6.31. The van der Waals surface area contributed by atoms with Crippen molar-refractivity contribution in [2.24, 2.45) is 5.92 Å². The summed E-state index contributed by atoms with van der Waals surface area (Å²) < 4.78 is 0. The number of halogens is 1. The van der Waals surface area contributed by atoms with Crippen molar-refractivity contribution in [1.82, 2.24) is 0 Å². The molecule has 0 heterocycles. The molecule has 2 rings (SSSR count). The molecule has 1 aromatic carbocycles. The molecule has 2 unspecified atom stereocenters. The van der Waals surface area contributed by atoms with Crippen LogP contribution in [-0.2, 0) is 6.42 Å². The fraction of sp³-hybridized carbons (Fsp3) is 0.524. The van der Waals surface area contributed by atoms with Crippen LogP contribution in [0, 0.1) is 12.8 Å². The van der Waals surface area contributed by atoms with Crippen LogP contribution in [0.3, 0.4) is 0 Å². The highest BCUT2D eigenvalue weighted by Crippen LogP contribution is 2.44. The summed E-state index contributed by atoms with van der Waals surface area (Å²) in [5, 5.41) is 0.951. The maximum absolute atomic E-state index is 6.42. The standard InChI is InChI=1S/C21H29Cl/c1-6-9-17(22)13-20-15(5)12-16-10-11-19(14(4)7-2)21(16)18(20)8-3/h8,12-14,19H,3,6-7,9-11H2,1-2,4-5H3/b17-13+. The Balaban J connectivity index is 2.58. The summed E-state index contributed by atoms with van der Waals surface area (Å²) in [7, 11) is 0. The minimum absolute atomic E-state index is 0.672. The molecule has 0 radical (unpaired) electrons. The van der Waals surface area contributed by atoms with Crippen LogP contribution < -0.4 is 0 Å². The molecule has 0 saturated heterocycles. The smallest absolute Gasteiger partial charge is 0.0187 e. The average Bonchev–Trinajstić information content (AvgIpc) is 2.90. The van der Waals surface area contributed by atoms with E-state index in [2.05, 4.69) is 52.5 Å². The fourth-order valence-corrected chi connectivity index (χ4v) is 4.08. The average molecular weight is 317 g/mol. The van der Waals surface area contributed by atoms with Gasteiger partial charge in [0.1, 0.15) is 0 Å². The third kappa shape index (κ3) is 3.33. The Morgan fingerprint density at radius 3 is 2.73 bits per heavy atom. The number of hydrogen-bond acceptors (Lipinski definition) is 0. The molecule has 22 heavy (non-hydrogen) atoms. The zero-order valence-electron chi connectivity index (χ0n) is 14.5. The van der Waals surface area contributed by atoms with E-state index in [0.29, 0.717) is 5.92 Å². The minimum Gasteiger partial charge on any atom is -0.0984 e. The lowest BCUT2D eigenvalue weighted by atomic mass is 9.82. The second kappa shape index (κ2) is 7.51. The van der Waals surface area contributed by atoms with Crippen molar-refractivity contribution in [2.45, 2.75) is 65.7 Å². The Hall–Kier alpha value is -1.01. The molecular weight excluding hydrogens is 288 g/mol. The monoisotopic (exact) mass is 316 g/mol. The summed E-state index contributed by atoms with van der Waals surface area (Å²) in [6, 6.07) is 2.38. The van der Waals surface area contributed by atoms with E-state index >= 15 is 0 Å². The van der Waals surface area contributed by atoms with Gasteiger partial charge >= 0.3 is 0 Å². The maximum Gasteiger partial charge on any atom is 0.0187 e. The molecule has 0 aliphatic heterocycles. The van der Waals surface area contributed by atoms with E-state index in [1.807, 2.05) is 0 Å². The largest absolute Gasteiger partial charge is 0.0984 e. The summed E-state index contributed by atoms with van der Waals surface area (Å²) in [6.07, 6.45) is 9.97. The Bertz CT molecular complexity index is 580. The van der Waals surface area contributed by atoms with Crippen LogP contribution in [0.1, 0.15) is 80.2 Å². The summed E-state index contributed by atoms with van der Waals surface area (Å²) in [5.41, 5.74) is 7.01. The zero-order valence-corrected chi connectivity index (χ0v) is 15.3. The van der Waals surface area contributed by atoms with Gasteiger partial charge in [-0.25, -0.2) is 0 Å². The lowest BCUT2D eigenvalue weighted by Gasteiger charge is -2.22. The summed E-state index contributed by atoms with van der Waals surface area (Å²) in [4.78, 5) is 0. The summed E-state index contributed by atoms with van der Waals surface area (Å²) in [6.45, 7) is 13.2. The molecule has 0 spiro atoms. The van der Waals surface area contributed by atoms with Crippen LogP contribution in [0.5, 0.6) is 0 Å². The van der Waals surface area contributed by atoms with Gasteiger partial charge in [-0.1, -0.05) is 63.9 Å². The predicted octanol–water partition coefficient (Wildman–Crippen LogP) is 7.09. The third-order valence-electron chi connectivity index (χ3n) is 5.16. The molecule has 120 valence electrons. The van der Waals surface area contributed by atoms with Gasteiger partial charge in [-0.15, -0.1) is 0 Å². The fourth-order valence-electron chi connectivity index (χ4n) is 3.78. The number of hydrogen-bond donors (Lipinski definition) is 0. The first-order valence-electron chi connectivity index (χ1n) is 8.68. The van der Waals surface area contributed by atoms with Gasteiger partial charge in [0.2, 0.25) is 0 Å². The quantitative estimate of drug-likeness (QED) is 0.525. The molecule has 0 N–H and O–H groups in total. The normalized spacial score (nSPS) is 19.1. The van der Waals surface area contributed by atoms with Gasteiger partial charge < -0.3 is 0 Å². The van der Waals surface area contributed by atoms with Gasteiger partial charge in [-0.3, -0.25) is 0 Å². The topological polar surface area (TPSA) is 0 Å². The first-order chi connectivity index (χ1) is 10.5. The van der Waals surface area contributed by atoms with E-state index < -0.39 is 0 Å². The predicted molar refractivity (Wildman–Crippen MR) is 101 cm³/mol. The van der Waals surface area contributed by atoms with Gasteiger partial charge in [0.25, 0.3) is 0 Å². The molecular formula is C21H29Cl. The Kier molecular flexibility index (Phi) is 5.92. The van der Waals surface area contributed by atoms with Crippen LogP contribution in [0.15, 0.2) is 17.7 Å². The summed E-state index contributed by atoms with van der Waals surface area (Å²) >= 11 is 6.42. The van der Waals surface area contributed by atoms with E-state index in [9.17, 15) is 0 Å². The van der Waals surface area contributed by atoms with Gasteiger partial charge in [0.05, 0.1) is 0 Å². The molecule has 0 amide bonds. The van der Waals surface area contributed by atoms with E-state index in [1.165, 1.54) is 41.5 Å². The Morgan fingerprint density at radius 2 is 2.14 bits per heavy atom. The van der Waals surface area contributed by atoms with Gasteiger partial charge in [-0.2, -0.15) is 0 Å². The van der Waals surface area contributed by atoms with E-state index in [4.69, 9.17) is 11.6 Å². The van der Waals surface area contributed by atoms with Crippen molar-refractivity contribution in [3.63, 3.8) is 0 Å². The Morgan fingerprint density at radius 1 is 1.41 bits per heavy atom. The zero-order chi connectivity index (χ0) is 16.3. The van der Waals surface area contributed by atoms with E-state index in [0.717, 1.165) is 23.8 Å². The van der Waals surface area contributed by atoms with Crippen molar-refractivity contribution in [2.75, 3.05) is 0 Å². The number of aryl methyl sites for hydroxylation is 2. The molecule has 0 fully saturated rings. The van der Waals surface area contributed by atoms with Crippen LogP contribution in [0.25, 0.3) is 12.2 Å². The molecule has 0 bridgehead atoms. The third-order valence-corrected chi connectivity index (χ3v) is 5.46. The van der Waals surface area contributed by atoms with E-state index in [-0.39, 0.29) is 0 Å². The summed E-state index contributed by atoms with van der Waals surface area (Å²) in [5.74, 6) is 1.40. The van der Waals surface area contributed by atoms with Crippen molar-refractivity contribution < 1.29 is 0 Å². The lowest BCUT2D eigenvalue weighted by molar-refractivity contribution is 0.443. The number of allylic oxidation sites excluding steroid dienone is 1. The van der Waals surface area contributed by atoms with Gasteiger partial charge in [-0.05, 0) is 71.9 Å². The van der Waals surface area contributed by atoms with Gasteiger partial charge in [0.15, 0.2) is 0 Å². The molecule has 0 nitrogen and oxygen atoms in total. The molecule has 2 atom stereocenters. The number of rotatable bonds is 6. The minimum atomic E-state index is 0.672. The molecule has 1 aromatic rings. The maximum atomic E-state index is 6.42. The van der Waals surface area contributed by atoms with Crippen molar-refractivity contribution in [1.29, 1.82) is 0 Å². The van der Waals surface area contributed by atoms with Crippen LogP contribution in [0.2, 0.25) is 0 Å². The first-order valence-corrected chi connectivity index (χ1v) is 9.06. The van der Waals surface area contributed by atoms with Crippen LogP contribution in [-0.4, -0.2) is 0 Å². The SMILES string of the molecule is C=Cc1c(/C=C(/Cl)CCC)c(C)cc2c1C(C(C)CC)CC2. The molecule has 1 heteroatoms. The first kappa shape index (κ1) is 17.3. The van der Waals surface area contributed by atoms with Crippen LogP contribution >= 0.6 is 11.6 Å².